The van der Waals surface area contributed by atoms with Crippen LogP contribution in [-0.2, 0) is 0 Å². The summed E-state index contributed by atoms with van der Waals surface area (Å²) in [6.07, 6.45) is 9.20. The molecule has 5 unspecified atom stereocenters. The predicted octanol–water partition coefficient (Wildman–Crippen LogP) is 7.11. The van der Waals surface area contributed by atoms with E-state index in [-0.39, 0.29) is 0 Å². The summed E-state index contributed by atoms with van der Waals surface area (Å²) in [4.78, 5) is 0. The predicted molar refractivity (Wildman–Crippen MR) is 138 cm³/mol. The zero-order valence-corrected chi connectivity index (χ0v) is 21.4. The van der Waals surface area contributed by atoms with Crippen LogP contribution in [0.2, 0.25) is 0 Å². The lowest BCUT2D eigenvalue weighted by Crippen LogP contribution is -2.31. The fraction of sp³-hybridized carbons (Fsp3) is 0.667. The third-order valence-corrected chi connectivity index (χ3v) is 8.97. The molecule has 0 heterocycles. The lowest BCUT2D eigenvalue weighted by atomic mass is 9.64. The Morgan fingerprint density at radius 3 is 2.29 bits per heavy atom. The van der Waals surface area contributed by atoms with Crippen molar-refractivity contribution in [2.45, 2.75) is 99.3 Å². The standard InChI is InChI=1S/C30H47N/c1-18-12-14-30(8,9)15-13-19(2)28-24(7)25(20(3)16-18)10-11-26(28)27-17-21(4)29(31)23(6)22(27)5/h17-20,25-26H,4-5,10-16,31H2,1-3,6-9H3. The Hall–Kier alpha value is -1.50. The van der Waals surface area contributed by atoms with Crippen LogP contribution in [0, 0.1) is 36.0 Å². The molecule has 31 heavy (non-hydrogen) atoms. The van der Waals surface area contributed by atoms with Crippen molar-refractivity contribution in [1.29, 1.82) is 0 Å². The Labute approximate surface area is 191 Å². The second-order valence-corrected chi connectivity index (χ2v) is 12.0. The number of rotatable bonds is 1. The average molecular weight is 422 g/mol. The monoisotopic (exact) mass is 421 g/mol. The van der Waals surface area contributed by atoms with Crippen molar-refractivity contribution in [2.75, 3.05) is 5.73 Å². The van der Waals surface area contributed by atoms with Gasteiger partial charge in [0, 0.05) is 11.6 Å². The molecule has 2 bridgehead atoms. The van der Waals surface area contributed by atoms with E-state index in [1.807, 2.05) is 0 Å². The van der Waals surface area contributed by atoms with Crippen LogP contribution in [0.1, 0.15) is 104 Å². The van der Waals surface area contributed by atoms with Crippen LogP contribution in [-0.4, -0.2) is 0 Å². The fourth-order valence-corrected chi connectivity index (χ4v) is 6.70. The molecule has 1 heteroatoms. The maximum Gasteiger partial charge on any atom is 0.0417 e. The van der Waals surface area contributed by atoms with Crippen molar-refractivity contribution in [2.24, 2.45) is 29.1 Å². The summed E-state index contributed by atoms with van der Waals surface area (Å²) in [5.41, 5.74) is 13.4. The highest BCUT2D eigenvalue weighted by Crippen LogP contribution is 2.48. The Kier molecular flexibility index (Phi) is 7.14. The topological polar surface area (TPSA) is 26.0 Å². The van der Waals surface area contributed by atoms with Crippen molar-refractivity contribution >= 4 is 18.8 Å². The molecule has 0 aliphatic heterocycles. The van der Waals surface area contributed by atoms with Crippen molar-refractivity contribution in [3.05, 3.63) is 38.8 Å². The first-order valence-electron chi connectivity index (χ1n) is 12.7. The highest BCUT2D eigenvalue weighted by molar-refractivity contribution is 5.54. The number of allylic oxidation sites excluding steroid dienone is 2. The number of hydrogen-bond acceptors (Lipinski definition) is 1. The summed E-state index contributed by atoms with van der Waals surface area (Å²) < 4.78 is 0. The Morgan fingerprint density at radius 1 is 0.968 bits per heavy atom. The summed E-state index contributed by atoms with van der Waals surface area (Å²) in [5, 5.41) is 2.10. The molecule has 0 fully saturated rings. The molecule has 1 nitrogen and oxygen atoms in total. The summed E-state index contributed by atoms with van der Waals surface area (Å²) in [6.45, 7) is 25.7. The number of fused-ring (bicyclic) bond motifs is 1. The minimum atomic E-state index is 0.429. The maximum absolute atomic E-state index is 6.30. The first-order chi connectivity index (χ1) is 14.4. The zero-order chi connectivity index (χ0) is 23.1. The van der Waals surface area contributed by atoms with Crippen molar-refractivity contribution in [1.82, 2.24) is 0 Å². The lowest BCUT2D eigenvalue weighted by Gasteiger charge is -2.41. The Balaban J connectivity index is 2.11. The highest BCUT2D eigenvalue weighted by Gasteiger charge is 2.35. The normalized spacial score (nSPS) is 32.3. The number of hydrogen-bond donors (Lipinski definition) is 1. The van der Waals surface area contributed by atoms with Gasteiger partial charge in [0.15, 0.2) is 0 Å². The second-order valence-electron chi connectivity index (χ2n) is 12.0. The number of anilines is 1. The zero-order valence-electron chi connectivity index (χ0n) is 21.4. The first-order valence-corrected chi connectivity index (χ1v) is 12.7. The minimum absolute atomic E-state index is 0.429. The van der Waals surface area contributed by atoms with E-state index in [9.17, 15) is 0 Å². The fourth-order valence-electron chi connectivity index (χ4n) is 6.70. The molecule has 2 aliphatic rings. The second kappa shape index (κ2) is 9.16. The van der Waals surface area contributed by atoms with Gasteiger partial charge >= 0.3 is 0 Å². The quantitative estimate of drug-likeness (QED) is 0.379. The van der Waals surface area contributed by atoms with Gasteiger partial charge in [0.25, 0.3) is 0 Å². The van der Waals surface area contributed by atoms with E-state index in [2.05, 4.69) is 67.7 Å². The van der Waals surface area contributed by atoms with E-state index < -0.39 is 0 Å². The molecule has 0 radical (unpaired) electrons. The summed E-state index contributed by atoms with van der Waals surface area (Å²) in [7, 11) is 0. The van der Waals surface area contributed by atoms with Crippen molar-refractivity contribution in [3.8, 4) is 0 Å². The van der Waals surface area contributed by atoms with E-state index in [0.29, 0.717) is 17.3 Å². The molecule has 1 aromatic rings. The highest BCUT2D eigenvalue weighted by atomic mass is 14.6. The molecular formula is C30H47N. The van der Waals surface area contributed by atoms with Gasteiger partial charge in [-0.3, -0.25) is 0 Å². The average Bonchev–Trinajstić information content (AvgIpc) is 2.71. The smallest absolute Gasteiger partial charge is 0.0417 e. The lowest BCUT2D eigenvalue weighted by molar-refractivity contribution is 0.220. The van der Waals surface area contributed by atoms with Crippen LogP contribution in [0.25, 0.3) is 13.2 Å². The minimum Gasteiger partial charge on any atom is -0.398 e. The van der Waals surface area contributed by atoms with Crippen LogP contribution < -0.4 is 16.2 Å². The van der Waals surface area contributed by atoms with Gasteiger partial charge in [0.1, 0.15) is 0 Å². The molecule has 0 aromatic heterocycles. The van der Waals surface area contributed by atoms with E-state index >= 15 is 0 Å². The molecule has 0 spiro atoms. The summed E-state index contributed by atoms with van der Waals surface area (Å²) in [5.74, 6) is 3.39. The molecule has 2 aliphatic carbocycles. The van der Waals surface area contributed by atoms with Crippen molar-refractivity contribution < 1.29 is 0 Å². The molecule has 1 aromatic carbocycles. The maximum atomic E-state index is 6.30. The van der Waals surface area contributed by atoms with Crippen LogP contribution in [0.4, 0.5) is 5.69 Å². The molecule has 0 amide bonds. The van der Waals surface area contributed by atoms with E-state index in [0.717, 1.165) is 39.4 Å². The third kappa shape index (κ3) is 4.96. The van der Waals surface area contributed by atoms with Crippen LogP contribution in [0.15, 0.2) is 17.2 Å². The van der Waals surface area contributed by atoms with Gasteiger partial charge in [-0.05, 0) is 109 Å². The van der Waals surface area contributed by atoms with E-state index in [1.165, 1.54) is 50.5 Å². The number of nitrogens with two attached hydrogens (primary N) is 1. The largest absolute Gasteiger partial charge is 0.398 e. The van der Waals surface area contributed by atoms with Gasteiger partial charge in [0.2, 0.25) is 0 Å². The van der Waals surface area contributed by atoms with Gasteiger partial charge in [0.05, 0.1) is 0 Å². The molecule has 172 valence electrons. The summed E-state index contributed by atoms with van der Waals surface area (Å²) in [6, 6.07) is 2.24. The molecule has 0 saturated heterocycles. The molecular weight excluding hydrogens is 374 g/mol. The van der Waals surface area contributed by atoms with E-state index in [4.69, 9.17) is 5.73 Å². The van der Waals surface area contributed by atoms with Crippen LogP contribution in [0.5, 0.6) is 0 Å². The van der Waals surface area contributed by atoms with E-state index in [1.54, 1.807) is 11.1 Å². The number of nitrogen functional groups attached to an aromatic ring is 1. The SMILES string of the molecule is C=c1cc(C2CCC3C(C)=C2C(C)CCC(C)(C)CCC(C)CC3C)c(=C)c(C)c1N. The third-order valence-electron chi connectivity index (χ3n) is 8.97. The Bertz CT molecular complexity index is 934. The van der Waals surface area contributed by atoms with Crippen LogP contribution >= 0.6 is 0 Å². The van der Waals surface area contributed by atoms with Crippen molar-refractivity contribution in [3.63, 3.8) is 0 Å². The first kappa shape index (κ1) is 24.1. The summed E-state index contributed by atoms with van der Waals surface area (Å²) >= 11 is 0. The molecule has 5 atom stereocenters. The molecule has 3 rings (SSSR count). The molecule has 0 saturated carbocycles. The van der Waals surface area contributed by atoms with Crippen LogP contribution in [0.3, 0.4) is 0 Å². The van der Waals surface area contributed by atoms with Gasteiger partial charge in [-0.2, -0.15) is 0 Å². The molecule has 2 N–H and O–H groups in total. The number of benzene rings is 1. The van der Waals surface area contributed by atoms with Gasteiger partial charge in [-0.25, -0.2) is 0 Å². The Morgan fingerprint density at radius 2 is 1.61 bits per heavy atom. The van der Waals surface area contributed by atoms with Gasteiger partial charge < -0.3 is 5.73 Å². The van der Waals surface area contributed by atoms with Gasteiger partial charge in [-0.1, -0.05) is 65.3 Å². The van der Waals surface area contributed by atoms with Gasteiger partial charge in [-0.15, -0.1) is 0 Å².